The fourth-order valence-corrected chi connectivity index (χ4v) is 5.80. The number of hydrogen-bond acceptors (Lipinski definition) is 9. The van der Waals surface area contributed by atoms with Crippen molar-refractivity contribution in [1.29, 1.82) is 0 Å². The van der Waals surface area contributed by atoms with E-state index in [9.17, 15) is 24.3 Å². The molecule has 1 saturated carbocycles. The van der Waals surface area contributed by atoms with Crippen molar-refractivity contribution in [2.24, 2.45) is 0 Å². The minimum absolute atomic E-state index is 0.00708. The number of nitrogens with zero attached hydrogens (tertiary/aromatic N) is 3. The van der Waals surface area contributed by atoms with Crippen LogP contribution in [0.4, 0.5) is 36.0 Å². The molecule has 3 heterocycles. The number of fused-ring (bicyclic) bond motifs is 2. The van der Waals surface area contributed by atoms with Crippen molar-refractivity contribution in [3.63, 3.8) is 0 Å². The minimum Gasteiger partial charge on any atom is -0.474 e. The van der Waals surface area contributed by atoms with Gasteiger partial charge in [-0.3, -0.25) is 20.3 Å². The summed E-state index contributed by atoms with van der Waals surface area (Å²) in [6, 6.07) is 2.67. The van der Waals surface area contributed by atoms with Crippen LogP contribution in [0.3, 0.4) is 0 Å². The van der Waals surface area contributed by atoms with E-state index in [0.717, 1.165) is 17.7 Å². The van der Waals surface area contributed by atoms with Crippen LogP contribution in [0.25, 0.3) is 21.9 Å². The summed E-state index contributed by atoms with van der Waals surface area (Å²) in [5.74, 6) is -0.870. The Bertz CT molecular complexity index is 1740. The summed E-state index contributed by atoms with van der Waals surface area (Å²) in [5.41, 5.74) is -0.303. The maximum atomic E-state index is 16.4. The van der Waals surface area contributed by atoms with Gasteiger partial charge in [-0.2, -0.15) is 0 Å². The standard InChI is InChI=1S/C32H37FN6O8/c1-16-20(14-35-28-27(16)39(31(43)44)10-11-45-28)19-12-18-13-24(37-29(41)46-23-9-7-6-8-22(23)36-17(2)40)34-15-21(18)26(25(19)33)38-30(42)47-32(3,4)5/h12-15,22-23H,6-11H2,1-5H3,(H,36,40)(H,38,42)(H,43,44)(H,34,37,41)/t22-,23-/m0/s1. The van der Waals surface area contributed by atoms with Gasteiger partial charge in [-0.05, 0) is 70.0 Å². The van der Waals surface area contributed by atoms with E-state index < -0.39 is 35.8 Å². The van der Waals surface area contributed by atoms with Gasteiger partial charge in [0.25, 0.3) is 0 Å². The quantitative estimate of drug-likeness (QED) is 0.257. The molecule has 0 unspecified atom stereocenters. The molecule has 1 aliphatic heterocycles. The number of aromatic nitrogens is 2. The molecule has 14 nitrogen and oxygen atoms in total. The van der Waals surface area contributed by atoms with Gasteiger partial charge in [0.15, 0.2) is 5.82 Å². The van der Waals surface area contributed by atoms with Gasteiger partial charge in [-0.1, -0.05) is 6.42 Å². The van der Waals surface area contributed by atoms with E-state index >= 15 is 4.39 Å². The second-order valence-electron chi connectivity index (χ2n) is 12.4. The molecule has 0 radical (unpaired) electrons. The van der Waals surface area contributed by atoms with Crippen molar-refractivity contribution in [1.82, 2.24) is 15.3 Å². The number of pyridine rings is 2. The van der Waals surface area contributed by atoms with Gasteiger partial charge in [0.1, 0.15) is 29.8 Å². The van der Waals surface area contributed by atoms with Gasteiger partial charge in [0.05, 0.1) is 18.3 Å². The Morgan fingerprint density at radius 3 is 2.49 bits per heavy atom. The highest BCUT2D eigenvalue weighted by Gasteiger charge is 2.31. The molecule has 1 fully saturated rings. The van der Waals surface area contributed by atoms with E-state index in [-0.39, 0.29) is 64.7 Å². The summed E-state index contributed by atoms with van der Waals surface area (Å²) in [7, 11) is 0. The molecule has 1 aromatic carbocycles. The van der Waals surface area contributed by atoms with Crippen molar-refractivity contribution in [3.8, 4) is 17.0 Å². The normalized spacial score (nSPS) is 17.6. The molecule has 2 atom stereocenters. The van der Waals surface area contributed by atoms with Crippen LogP contribution in [0.15, 0.2) is 24.5 Å². The van der Waals surface area contributed by atoms with Crippen molar-refractivity contribution in [2.45, 2.75) is 78.0 Å². The summed E-state index contributed by atoms with van der Waals surface area (Å²) in [5, 5.41) is 18.3. The fraction of sp³-hybridized carbons (Fsp3) is 0.438. The third-order valence-electron chi connectivity index (χ3n) is 7.78. The molecule has 250 valence electrons. The smallest absolute Gasteiger partial charge is 0.413 e. The number of carboxylic acid groups (broad SMARTS) is 1. The summed E-state index contributed by atoms with van der Waals surface area (Å²) < 4.78 is 33.0. The molecular formula is C32H37FN6O8. The van der Waals surface area contributed by atoms with E-state index in [4.69, 9.17) is 14.2 Å². The van der Waals surface area contributed by atoms with Crippen molar-refractivity contribution in [2.75, 3.05) is 28.7 Å². The van der Waals surface area contributed by atoms with E-state index in [1.165, 1.54) is 31.5 Å². The number of halogens is 1. The lowest BCUT2D eigenvalue weighted by Gasteiger charge is -2.31. The Balaban J connectivity index is 1.54. The number of rotatable bonds is 5. The lowest BCUT2D eigenvalue weighted by Crippen LogP contribution is -2.46. The fourth-order valence-electron chi connectivity index (χ4n) is 5.80. The molecule has 4 amide bonds. The molecule has 0 bridgehead atoms. The van der Waals surface area contributed by atoms with Gasteiger partial charge in [-0.15, -0.1) is 0 Å². The third-order valence-corrected chi connectivity index (χ3v) is 7.78. The highest BCUT2D eigenvalue weighted by molar-refractivity contribution is 6.04. The van der Waals surface area contributed by atoms with Crippen molar-refractivity contribution in [3.05, 3.63) is 35.9 Å². The molecule has 4 N–H and O–H groups in total. The number of anilines is 3. The zero-order chi connectivity index (χ0) is 34.0. The Kier molecular flexibility index (Phi) is 9.36. The van der Waals surface area contributed by atoms with Crippen LogP contribution < -0.4 is 25.6 Å². The predicted molar refractivity (Wildman–Crippen MR) is 170 cm³/mol. The van der Waals surface area contributed by atoms with Crippen molar-refractivity contribution >= 4 is 52.2 Å². The zero-order valence-corrected chi connectivity index (χ0v) is 26.7. The summed E-state index contributed by atoms with van der Waals surface area (Å²) >= 11 is 0. The number of benzene rings is 1. The first kappa shape index (κ1) is 33.2. The Morgan fingerprint density at radius 1 is 1.04 bits per heavy atom. The molecule has 1 aliphatic carbocycles. The van der Waals surface area contributed by atoms with E-state index in [2.05, 4.69) is 25.9 Å². The Hall–Kier alpha value is -5.21. The SMILES string of the molecule is CC(=O)N[C@H]1CCCC[C@@H]1OC(=O)Nc1cc2cc(-c3cnc4c(c3C)N(C(=O)O)CCO4)c(F)c(NC(=O)OC(C)(C)C)c2cn1. The van der Waals surface area contributed by atoms with Crippen LogP contribution in [-0.4, -0.2) is 70.2 Å². The summed E-state index contributed by atoms with van der Waals surface area (Å²) in [4.78, 5) is 59.0. The average molecular weight is 653 g/mol. The maximum absolute atomic E-state index is 16.4. The minimum atomic E-state index is -1.21. The predicted octanol–water partition coefficient (Wildman–Crippen LogP) is 5.96. The van der Waals surface area contributed by atoms with Crippen LogP contribution in [-0.2, 0) is 14.3 Å². The van der Waals surface area contributed by atoms with Gasteiger partial charge < -0.3 is 24.6 Å². The zero-order valence-electron chi connectivity index (χ0n) is 26.7. The van der Waals surface area contributed by atoms with Crippen molar-refractivity contribution < 1.29 is 42.9 Å². The molecule has 2 aliphatic rings. The van der Waals surface area contributed by atoms with E-state index in [1.807, 2.05) is 0 Å². The molecule has 15 heteroatoms. The first-order chi connectivity index (χ1) is 22.2. The maximum Gasteiger partial charge on any atom is 0.413 e. The number of hydrogen-bond donors (Lipinski definition) is 4. The molecular weight excluding hydrogens is 615 g/mol. The Labute approximate surface area is 270 Å². The molecule has 5 rings (SSSR count). The van der Waals surface area contributed by atoms with Gasteiger partial charge in [0.2, 0.25) is 11.8 Å². The molecule has 2 aromatic heterocycles. The van der Waals surface area contributed by atoms with Crippen LogP contribution in [0.2, 0.25) is 0 Å². The number of ether oxygens (including phenoxy) is 3. The topological polar surface area (TPSA) is 181 Å². The van der Waals surface area contributed by atoms with Crippen LogP contribution >= 0.6 is 0 Å². The first-order valence-electron chi connectivity index (χ1n) is 15.2. The second-order valence-corrected chi connectivity index (χ2v) is 12.4. The first-order valence-corrected chi connectivity index (χ1v) is 15.2. The van der Waals surface area contributed by atoms with Gasteiger partial charge in [-0.25, -0.2) is 28.7 Å². The molecule has 47 heavy (non-hydrogen) atoms. The number of amides is 4. The highest BCUT2D eigenvalue weighted by atomic mass is 19.1. The highest BCUT2D eigenvalue weighted by Crippen LogP contribution is 2.42. The lowest BCUT2D eigenvalue weighted by atomic mass is 9.92. The van der Waals surface area contributed by atoms with Crippen LogP contribution in [0.5, 0.6) is 5.88 Å². The molecule has 0 spiro atoms. The van der Waals surface area contributed by atoms with Crippen LogP contribution in [0.1, 0.15) is 58.9 Å². The summed E-state index contributed by atoms with van der Waals surface area (Å²) in [6.07, 6.45) is 2.25. The van der Waals surface area contributed by atoms with Gasteiger partial charge >= 0.3 is 18.3 Å². The van der Waals surface area contributed by atoms with Crippen LogP contribution in [0, 0.1) is 12.7 Å². The Morgan fingerprint density at radius 2 is 1.79 bits per heavy atom. The lowest BCUT2D eigenvalue weighted by molar-refractivity contribution is -0.120. The van der Waals surface area contributed by atoms with Gasteiger partial charge in [0, 0.05) is 35.8 Å². The average Bonchev–Trinajstić information content (AvgIpc) is 2.98. The number of nitrogens with one attached hydrogen (secondary N) is 3. The monoisotopic (exact) mass is 652 g/mol. The molecule has 0 saturated heterocycles. The van der Waals surface area contributed by atoms with E-state index in [0.29, 0.717) is 23.8 Å². The summed E-state index contributed by atoms with van der Waals surface area (Å²) in [6.45, 7) is 8.20. The van der Waals surface area contributed by atoms with E-state index in [1.54, 1.807) is 27.7 Å². The number of carbonyl (C=O) groups excluding carboxylic acids is 3. The largest absolute Gasteiger partial charge is 0.474 e. The molecule has 3 aromatic rings. The third kappa shape index (κ3) is 7.45. The second kappa shape index (κ2) is 13.3. The number of carbonyl (C=O) groups is 4.